The molecule has 0 saturated heterocycles. The van der Waals surface area contributed by atoms with E-state index in [0.29, 0.717) is 0 Å². The maximum atomic E-state index is 11.4. The van der Waals surface area contributed by atoms with Crippen molar-refractivity contribution in [3.8, 4) is 0 Å². The Morgan fingerprint density at radius 2 is 1.88 bits per heavy atom. The molecule has 0 aromatic heterocycles. The highest BCUT2D eigenvalue weighted by Crippen LogP contribution is 2.45. The SMILES string of the molecule is C=CCC(CC(=O)O)(C(=O)O)C1CCCC1. The lowest BCUT2D eigenvalue weighted by Crippen LogP contribution is -2.39. The zero-order valence-electron chi connectivity index (χ0n) is 9.32. The summed E-state index contributed by atoms with van der Waals surface area (Å²) in [5, 5.41) is 18.2. The fraction of sp³-hybridized carbons (Fsp3) is 0.667. The van der Waals surface area contributed by atoms with Gasteiger partial charge in [0.15, 0.2) is 0 Å². The van der Waals surface area contributed by atoms with E-state index in [2.05, 4.69) is 6.58 Å². The molecule has 1 aliphatic rings. The summed E-state index contributed by atoms with van der Waals surface area (Å²) < 4.78 is 0. The highest BCUT2D eigenvalue weighted by molar-refractivity contribution is 5.82. The first kappa shape index (κ1) is 12.7. The Bertz CT molecular complexity index is 291. The van der Waals surface area contributed by atoms with Crippen molar-refractivity contribution in [3.63, 3.8) is 0 Å². The van der Waals surface area contributed by atoms with Crippen LogP contribution in [0.4, 0.5) is 0 Å². The molecule has 2 N–H and O–H groups in total. The molecule has 0 aliphatic heterocycles. The van der Waals surface area contributed by atoms with E-state index >= 15 is 0 Å². The summed E-state index contributed by atoms with van der Waals surface area (Å²) in [6.45, 7) is 3.55. The average molecular weight is 226 g/mol. The third-order valence-electron chi connectivity index (χ3n) is 3.54. The van der Waals surface area contributed by atoms with Crippen molar-refractivity contribution >= 4 is 11.9 Å². The highest BCUT2D eigenvalue weighted by atomic mass is 16.4. The predicted octanol–water partition coefficient (Wildman–Crippen LogP) is 2.30. The number of carbonyl (C=O) groups is 2. The van der Waals surface area contributed by atoms with Crippen molar-refractivity contribution in [3.05, 3.63) is 12.7 Å². The molecule has 4 heteroatoms. The van der Waals surface area contributed by atoms with Gasteiger partial charge in [0, 0.05) is 0 Å². The van der Waals surface area contributed by atoms with Crippen LogP contribution in [-0.2, 0) is 9.59 Å². The molecule has 0 radical (unpaired) electrons. The predicted molar refractivity (Wildman–Crippen MR) is 59.1 cm³/mol. The molecule has 0 bridgehead atoms. The van der Waals surface area contributed by atoms with Crippen molar-refractivity contribution in [2.75, 3.05) is 0 Å². The highest BCUT2D eigenvalue weighted by Gasteiger charge is 2.47. The lowest BCUT2D eigenvalue weighted by molar-refractivity contribution is -0.159. The van der Waals surface area contributed by atoms with Gasteiger partial charge in [-0.25, -0.2) is 0 Å². The first-order valence-corrected chi connectivity index (χ1v) is 5.59. The summed E-state index contributed by atoms with van der Waals surface area (Å²) in [4.78, 5) is 22.3. The molecule has 1 unspecified atom stereocenters. The van der Waals surface area contributed by atoms with Gasteiger partial charge in [-0.1, -0.05) is 18.9 Å². The van der Waals surface area contributed by atoms with E-state index in [1.807, 2.05) is 0 Å². The summed E-state index contributed by atoms with van der Waals surface area (Å²) in [6, 6.07) is 0. The molecule has 0 aromatic carbocycles. The standard InChI is InChI=1S/C12H18O4/c1-2-7-12(11(15)16,8-10(13)14)9-5-3-4-6-9/h2,9H,1,3-8H2,(H,13,14)(H,15,16). The molecule has 0 amide bonds. The Hall–Kier alpha value is -1.32. The largest absolute Gasteiger partial charge is 0.481 e. The molecule has 1 fully saturated rings. The lowest BCUT2D eigenvalue weighted by atomic mass is 9.69. The van der Waals surface area contributed by atoms with Crippen molar-refractivity contribution < 1.29 is 19.8 Å². The van der Waals surface area contributed by atoms with Crippen molar-refractivity contribution in [1.82, 2.24) is 0 Å². The van der Waals surface area contributed by atoms with Gasteiger partial charge >= 0.3 is 11.9 Å². The van der Waals surface area contributed by atoms with Gasteiger partial charge in [0.2, 0.25) is 0 Å². The molecular formula is C12H18O4. The minimum atomic E-state index is -1.15. The average Bonchev–Trinajstić information content (AvgIpc) is 2.68. The maximum Gasteiger partial charge on any atom is 0.310 e. The van der Waals surface area contributed by atoms with Gasteiger partial charge in [-0.3, -0.25) is 9.59 Å². The van der Waals surface area contributed by atoms with Crippen LogP contribution in [-0.4, -0.2) is 22.2 Å². The maximum absolute atomic E-state index is 11.4. The number of hydrogen-bond acceptors (Lipinski definition) is 2. The molecule has 1 rings (SSSR count). The summed E-state index contributed by atoms with van der Waals surface area (Å²) in [6.07, 6.45) is 5.07. The molecule has 0 spiro atoms. The van der Waals surface area contributed by atoms with Crippen LogP contribution in [0.25, 0.3) is 0 Å². The second-order valence-corrected chi connectivity index (χ2v) is 4.51. The van der Waals surface area contributed by atoms with Crippen LogP contribution in [0.3, 0.4) is 0 Å². The smallest absolute Gasteiger partial charge is 0.310 e. The molecule has 16 heavy (non-hydrogen) atoms. The fourth-order valence-corrected chi connectivity index (χ4v) is 2.73. The van der Waals surface area contributed by atoms with E-state index < -0.39 is 17.4 Å². The molecule has 4 nitrogen and oxygen atoms in total. The quantitative estimate of drug-likeness (QED) is 0.681. The first-order valence-electron chi connectivity index (χ1n) is 5.59. The van der Waals surface area contributed by atoms with E-state index in [4.69, 9.17) is 5.11 Å². The van der Waals surface area contributed by atoms with Crippen molar-refractivity contribution in [2.24, 2.45) is 11.3 Å². The Morgan fingerprint density at radius 1 is 1.31 bits per heavy atom. The normalized spacial score (nSPS) is 20.2. The topological polar surface area (TPSA) is 74.6 Å². The monoisotopic (exact) mass is 226 g/mol. The first-order chi connectivity index (χ1) is 7.53. The molecule has 0 heterocycles. The minimum Gasteiger partial charge on any atom is -0.481 e. The Labute approximate surface area is 95.0 Å². The van der Waals surface area contributed by atoms with Gasteiger partial charge in [0.1, 0.15) is 0 Å². The van der Waals surface area contributed by atoms with E-state index in [0.717, 1.165) is 25.7 Å². The van der Waals surface area contributed by atoms with Crippen LogP contribution >= 0.6 is 0 Å². The Kier molecular flexibility index (Phi) is 4.10. The van der Waals surface area contributed by atoms with Gasteiger partial charge in [0.25, 0.3) is 0 Å². The zero-order chi connectivity index (χ0) is 12.2. The number of carboxylic acids is 2. The van der Waals surface area contributed by atoms with Gasteiger partial charge in [-0.05, 0) is 25.2 Å². The zero-order valence-corrected chi connectivity index (χ0v) is 9.32. The van der Waals surface area contributed by atoms with Gasteiger partial charge in [-0.2, -0.15) is 0 Å². The summed E-state index contributed by atoms with van der Waals surface area (Å²) >= 11 is 0. The van der Waals surface area contributed by atoms with Crippen LogP contribution < -0.4 is 0 Å². The van der Waals surface area contributed by atoms with Gasteiger partial charge < -0.3 is 10.2 Å². The van der Waals surface area contributed by atoms with Gasteiger partial charge in [-0.15, -0.1) is 6.58 Å². The Balaban J connectivity index is 2.98. The third-order valence-corrected chi connectivity index (χ3v) is 3.54. The fourth-order valence-electron chi connectivity index (χ4n) is 2.73. The summed E-state index contributed by atoms with van der Waals surface area (Å²) in [5.41, 5.74) is -1.15. The second kappa shape index (κ2) is 5.14. The molecule has 1 saturated carbocycles. The molecule has 1 atom stereocenters. The van der Waals surface area contributed by atoms with E-state index in [1.165, 1.54) is 6.08 Å². The number of aliphatic carboxylic acids is 2. The molecule has 0 aromatic rings. The van der Waals surface area contributed by atoms with Gasteiger partial charge in [0.05, 0.1) is 11.8 Å². The Morgan fingerprint density at radius 3 is 2.25 bits per heavy atom. The van der Waals surface area contributed by atoms with Crippen LogP contribution in [0.1, 0.15) is 38.5 Å². The number of carboxylic acid groups (broad SMARTS) is 2. The van der Waals surface area contributed by atoms with E-state index in [9.17, 15) is 14.7 Å². The van der Waals surface area contributed by atoms with Crippen LogP contribution in [0, 0.1) is 11.3 Å². The number of hydrogen-bond donors (Lipinski definition) is 2. The van der Waals surface area contributed by atoms with Crippen LogP contribution in [0.2, 0.25) is 0 Å². The summed E-state index contributed by atoms with van der Waals surface area (Å²) in [7, 11) is 0. The van der Waals surface area contributed by atoms with E-state index in [1.54, 1.807) is 0 Å². The van der Waals surface area contributed by atoms with Crippen LogP contribution in [0.5, 0.6) is 0 Å². The van der Waals surface area contributed by atoms with Crippen molar-refractivity contribution in [2.45, 2.75) is 38.5 Å². The van der Waals surface area contributed by atoms with Crippen molar-refractivity contribution in [1.29, 1.82) is 0 Å². The second-order valence-electron chi connectivity index (χ2n) is 4.51. The minimum absolute atomic E-state index is 0.0286. The number of allylic oxidation sites excluding steroid dienone is 1. The van der Waals surface area contributed by atoms with E-state index in [-0.39, 0.29) is 18.8 Å². The molecule has 1 aliphatic carbocycles. The lowest BCUT2D eigenvalue weighted by Gasteiger charge is -2.32. The third kappa shape index (κ3) is 2.43. The summed E-state index contributed by atoms with van der Waals surface area (Å²) in [5.74, 6) is -2.07. The molecule has 90 valence electrons. The molecular weight excluding hydrogens is 208 g/mol. The van der Waals surface area contributed by atoms with Crippen LogP contribution in [0.15, 0.2) is 12.7 Å². The number of rotatable bonds is 6.